The third-order valence-electron chi connectivity index (χ3n) is 3.01. The molecule has 15 heavy (non-hydrogen) atoms. The van der Waals surface area contributed by atoms with Gasteiger partial charge in [0.15, 0.2) is 0 Å². The SMILES string of the molecule is CCC1CC1NCc1cc(Cl)ccc1Cl. The molecule has 0 aliphatic heterocycles. The molecule has 2 unspecified atom stereocenters. The lowest BCUT2D eigenvalue weighted by molar-refractivity contribution is 0.623. The van der Waals surface area contributed by atoms with Gasteiger partial charge in [-0.2, -0.15) is 0 Å². The van der Waals surface area contributed by atoms with Gasteiger partial charge in [-0.3, -0.25) is 0 Å². The summed E-state index contributed by atoms with van der Waals surface area (Å²) >= 11 is 12.0. The van der Waals surface area contributed by atoms with Crippen LogP contribution < -0.4 is 5.32 Å². The Labute approximate surface area is 101 Å². The van der Waals surface area contributed by atoms with Crippen molar-refractivity contribution in [3.63, 3.8) is 0 Å². The van der Waals surface area contributed by atoms with E-state index < -0.39 is 0 Å². The number of rotatable bonds is 4. The Morgan fingerprint density at radius 1 is 1.40 bits per heavy atom. The van der Waals surface area contributed by atoms with Gasteiger partial charge >= 0.3 is 0 Å². The van der Waals surface area contributed by atoms with E-state index in [9.17, 15) is 0 Å². The average Bonchev–Trinajstić information content (AvgIpc) is 2.98. The third-order valence-corrected chi connectivity index (χ3v) is 3.61. The molecule has 2 rings (SSSR count). The van der Waals surface area contributed by atoms with Crippen LogP contribution in [0.25, 0.3) is 0 Å². The molecule has 0 amide bonds. The minimum Gasteiger partial charge on any atom is -0.310 e. The molecular formula is C12H15Cl2N. The van der Waals surface area contributed by atoms with Gasteiger partial charge in [0.05, 0.1) is 0 Å². The molecular weight excluding hydrogens is 229 g/mol. The molecule has 0 bridgehead atoms. The first-order valence-corrected chi connectivity index (χ1v) is 6.13. The Kier molecular flexibility index (Phi) is 3.55. The fourth-order valence-electron chi connectivity index (χ4n) is 1.87. The van der Waals surface area contributed by atoms with Crippen molar-refractivity contribution in [2.24, 2.45) is 5.92 Å². The summed E-state index contributed by atoms with van der Waals surface area (Å²) in [6.07, 6.45) is 2.57. The van der Waals surface area contributed by atoms with Crippen molar-refractivity contribution in [3.8, 4) is 0 Å². The van der Waals surface area contributed by atoms with Crippen LogP contribution in [0.3, 0.4) is 0 Å². The van der Waals surface area contributed by atoms with E-state index in [1.807, 2.05) is 18.2 Å². The lowest BCUT2D eigenvalue weighted by Gasteiger charge is -2.06. The summed E-state index contributed by atoms with van der Waals surface area (Å²) in [6.45, 7) is 3.05. The van der Waals surface area contributed by atoms with Crippen molar-refractivity contribution in [3.05, 3.63) is 33.8 Å². The first-order chi connectivity index (χ1) is 7.20. The number of hydrogen-bond donors (Lipinski definition) is 1. The number of halogens is 2. The highest BCUT2D eigenvalue weighted by atomic mass is 35.5. The second-order valence-corrected chi connectivity index (χ2v) is 4.97. The Morgan fingerprint density at radius 3 is 2.87 bits per heavy atom. The minimum absolute atomic E-state index is 0.685. The van der Waals surface area contributed by atoms with Crippen molar-refractivity contribution in [2.75, 3.05) is 0 Å². The van der Waals surface area contributed by atoms with E-state index in [1.165, 1.54) is 12.8 Å². The van der Waals surface area contributed by atoms with Gasteiger partial charge in [-0.15, -0.1) is 0 Å². The Bertz CT molecular complexity index is 351. The molecule has 1 saturated carbocycles. The van der Waals surface area contributed by atoms with Crippen LogP contribution in [0.2, 0.25) is 10.0 Å². The summed E-state index contributed by atoms with van der Waals surface area (Å²) in [6, 6.07) is 6.29. The molecule has 1 N–H and O–H groups in total. The summed E-state index contributed by atoms with van der Waals surface area (Å²) in [5.74, 6) is 0.864. The lowest BCUT2D eigenvalue weighted by atomic mass is 10.2. The van der Waals surface area contributed by atoms with Gasteiger partial charge in [0.25, 0.3) is 0 Å². The monoisotopic (exact) mass is 243 g/mol. The van der Waals surface area contributed by atoms with Crippen LogP contribution >= 0.6 is 23.2 Å². The van der Waals surface area contributed by atoms with Crippen LogP contribution in [0.4, 0.5) is 0 Å². The number of nitrogens with one attached hydrogen (secondary N) is 1. The quantitative estimate of drug-likeness (QED) is 0.847. The summed E-state index contributed by atoms with van der Waals surface area (Å²) in [4.78, 5) is 0. The zero-order valence-electron chi connectivity index (χ0n) is 8.76. The molecule has 0 aromatic heterocycles. The van der Waals surface area contributed by atoms with Crippen molar-refractivity contribution in [2.45, 2.75) is 32.4 Å². The Balaban J connectivity index is 1.91. The zero-order chi connectivity index (χ0) is 10.8. The first kappa shape index (κ1) is 11.3. The predicted molar refractivity (Wildman–Crippen MR) is 65.5 cm³/mol. The molecule has 0 heterocycles. The molecule has 1 aromatic carbocycles. The summed E-state index contributed by atoms with van der Waals surface area (Å²) in [7, 11) is 0. The maximum atomic E-state index is 6.07. The summed E-state index contributed by atoms with van der Waals surface area (Å²) in [5, 5.41) is 5.04. The lowest BCUT2D eigenvalue weighted by Crippen LogP contribution is -2.17. The van der Waals surface area contributed by atoms with Crippen molar-refractivity contribution in [1.82, 2.24) is 5.32 Å². The number of benzene rings is 1. The summed E-state index contributed by atoms with van der Waals surface area (Å²) < 4.78 is 0. The topological polar surface area (TPSA) is 12.0 Å². The van der Waals surface area contributed by atoms with Crippen molar-refractivity contribution < 1.29 is 0 Å². The van der Waals surface area contributed by atoms with Gasteiger partial charge < -0.3 is 5.32 Å². The molecule has 2 atom stereocenters. The van der Waals surface area contributed by atoms with E-state index in [4.69, 9.17) is 23.2 Å². The average molecular weight is 244 g/mol. The van der Waals surface area contributed by atoms with Crippen molar-refractivity contribution in [1.29, 1.82) is 0 Å². The van der Waals surface area contributed by atoms with Crippen LogP contribution in [0.1, 0.15) is 25.3 Å². The third kappa shape index (κ3) is 2.87. The highest BCUT2D eigenvalue weighted by molar-refractivity contribution is 6.33. The van der Waals surface area contributed by atoms with Gasteiger partial charge in [-0.25, -0.2) is 0 Å². The highest BCUT2D eigenvalue weighted by Crippen LogP contribution is 2.33. The van der Waals surface area contributed by atoms with Gasteiger partial charge in [0.1, 0.15) is 0 Å². The smallest absolute Gasteiger partial charge is 0.0451 e. The standard InChI is InChI=1S/C12H15Cl2N/c1-2-8-6-12(8)15-7-9-5-10(13)3-4-11(9)14/h3-5,8,12,15H,2,6-7H2,1H3. The largest absolute Gasteiger partial charge is 0.310 e. The van der Waals surface area contributed by atoms with E-state index in [1.54, 1.807) is 0 Å². The van der Waals surface area contributed by atoms with Gasteiger partial charge in [-0.05, 0) is 36.1 Å². The molecule has 1 aliphatic rings. The maximum Gasteiger partial charge on any atom is 0.0451 e. The van der Waals surface area contributed by atoms with Crippen molar-refractivity contribution >= 4 is 23.2 Å². The Hall–Kier alpha value is -0.240. The van der Waals surface area contributed by atoms with Crippen LogP contribution in [0.5, 0.6) is 0 Å². The maximum absolute atomic E-state index is 6.07. The van der Waals surface area contributed by atoms with Crippen LogP contribution in [0.15, 0.2) is 18.2 Å². The van der Waals surface area contributed by atoms with E-state index in [0.29, 0.717) is 6.04 Å². The fourth-order valence-corrected chi connectivity index (χ4v) is 2.25. The highest BCUT2D eigenvalue weighted by Gasteiger charge is 2.34. The molecule has 82 valence electrons. The molecule has 1 aliphatic carbocycles. The second kappa shape index (κ2) is 4.73. The van der Waals surface area contributed by atoms with Crippen LogP contribution in [-0.2, 0) is 6.54 Å². The second-order valence-electron chi connectivity index (χ2n) is 4.13. The predicted octanol–water partition coefficient (Wildman–Crippen LogP) is 3.88. The molecule has 0 spiro atoms. The normalized spacial score (nSPS) is 24.2. The molecule has 3 heteroatoms. The van der Waals surface area contributed by atoms with Crippen LogP contribution in [-0.4, -0.2) is 6.04 Å². The molecule has 1 fully saturated rings. The van der Waals surface area contributed by atoms with E-state index in [2.05, 4.69) is 12.2 Å². The molecule has 1 nitrogen and oxygen atoms in total. The minimum atomic E-state index is 0.685. The van der Waals surface area contributed by atoms with E-state index in [0.717, 1.165) is 28.1 Å². The first-order valence-electron chi connectivity index (χ1n) is 5.38. The van der Waals surface area contributed by atoms with Gasteiger partial charge in [0, 0.05) is 22.6 Å². The molecule has 0 radical (unpaired) electrons. The number of hydrogen-bond acceptors (Lipinski definition) is 1. The molecule has 1 aromatic rings. The Morgan fingerprint density at radius 2 is 2.20 bits per heavy atom. The van der Waals surface area contributed by atoms with Gasteiger partial charge in [0.2, 0.25) is 0 Å². The van der Waals surface area contributed by atoms with E-state index in [-0.39, 0.29) is 0 Å². The fraction of sp³-hybridized carbons (Fsp3) is 0.500. The zero-order valence-corrected chi connectivity index (χ0v) is 10.3. The molecule has 0 saturated heterocycles. The van der Waals surface area contributed by atoms with Crippen LogP contribution in [0, 0.1) is 5.92 Å². The van der Waals surface area contributed by atoms with E-state index >= 15 is 0 Å². The van der Waals surface area contributed by atoms with Gasteiger partial charge in [-0.1, -0.05) is 36.5 Å². The summed E-state index contributed by atoms with van der Waals surface area (Å²) in [5.41, 5.74) is 1.09.